The molecule has 1 fully saturated rings. The second-order valence-electron chi connectivity index (χ2n) is 5.06. The molecule has 2 nitrogen and oxygen atoms in total. The quantitative estimate of drug-likeness (QED) is 0.709. The van der Waals surface area contributed by atoms with Gasteiger partial charge in [0, 0.05) is 18.6 Å². The maximum absolute atomic E-state index is 6.29. The molecule has 0 aliphatic heterocycles. The van der Waals surface area contributed by atoms with Crippen LogP contribution in [-0.2, 0) is 0 Å². The Morgan fingerprint density at radius 3 is 2.21 bits per heavy atom. The summed E-state index contributed by atoms with van der Waals surface area (Å²) >= 11 is 0. The van der Waals surface area contributed by atoms with Gasteiger partial charge < -0.3 is 10.6 Å². The summed E-state index contributed by atoms with van der Waals surface area (Å²) in [6, 6.07) is 0. The normalized spacial score (nSPS) is 18.6. The minimum Gasteiger partial charge on any atom is -0.324 e. The van der Waals surface area contributed by atoms with Crippen molar-refractivity contribution in [2.24, 2.45) is 11.7 Å². The Balaban J connectivity index is 2.26. The lowest BCUT2D eigenvalue weighted by molar-refractivity contribution is 0.168. The number of hydrogen-bond donors (Lipinski definition) is 1. The summed E-state index contributed by atoms with van der Waals surface area (Å²) in [6.45, 7) is 6.69. The maximum Gasteiger partial charge on any atom is 0.0278 e. The van der Waals surface area contributed by atoms with E-state index in [-0.39, 0.29) is 5.54 Å². The molecule has 0 amide bonds. The van der Waals surface area contributed by atoms with E-state index < -0.39 is 0 Å². The molecule has 0 unspecified atom stereocenters. The van der Waals surface area contributed by atoms with E-state index in [9.17, 15) is 0 Å². The van der Waals surface area contributed by atoms with Crippen LogP contribution in [0.2, 0.25) is 0 Å². The Labute approximate surface area is 88.8 Å². The molecule has 0 saturated heterocycles. The van der Waals surface area contributed by atoms with Crippen molar-refractivity contribution >= 4 is 0 Å². The van der Waals surface area contributed by atoms with Gasteiger partial charge in [0.1, 0.15) is 0 Å². The third-order valence-corrected chi connectivity index (χ3v) is 3.79. The predicted molar refractivity (Wildman–Crippen MR) is 62.3 cm³/mol. The van der Waals surface area contributed by atoms with Crippen LogP contribution in [0, 0.1) is 5.92 Å². The van der Waals surface area contributed by atoms with E-state index in [2.05, 4.69) is 25.8 Å². The summed E-state index contributed by atoms with van der Waals surface area (Å²) in [5, 5.41) is 0. The number of nitrogens with zero attached hydrogens (tertiary/aromatic N) is 1. The van der Waals surface area contributed by atoms with Gasteiger partial charge in [-0.05, 0) is 38.6 Å². The molecule has 1 aliphatic rings. The van der Waals surface area contributed by atoms with Crippen LogP contribution in [-0.4, -0.2) is 30.6 Å². The van der Waals surface area contributed by atoms with Gasteiger partial charge in [-0.25, -0.2) is 0 Å². The van der Waals surface area contributed by atoms with Crippen LogP contribution >= 0.6 is 0 Å². The highest BCUT2D eigenvalue weighted by Crippen LogP contribution is 2.27. The van der Waals surface area contributed by atoms with Crippen molar-refractivity contribution in [3.63, 3.8) is 0 Å². The molecule has 0 bridgehead atoms. The Hall–Kier alpha value is -0.0800. The van der Waals surface area contributed by atoms with Crippen LogP contribution < -0.4 is 5.73 Å². The predicted octanol–water partition coefficient (Wildman–Crippen LogP) is 2.24. The molecule has 0 radical (unpaired) electrons. The standard InChI is InChI=1S/C12H26N2/c1-4-12(13,5-2)10-14(3)9-11-7-6-8-11/h11H,4-10,13H2,1-3H3. The van der Waals surface area contributed by atoms with Crippen LogP contribution in [0.5, 0.6) is 0 Å². The summed E-state index contributed by atoms with van der Waals surface area (Å²) in [5.74, 6) is 0.956. The lowest BCUT2D eigenvalue weighted by Crippen LogP contribution is -2.49. The third kappa shape index (κ3) is 3.25. The van der Waals surface area contributed by atoms with Gasteiger partial charge in [0.15, 0.2) is 0 Å². The fourth-order valence-electron chi connectivity index (χ4n) is 2.19. The molecular formula is C12H26N2. The first-order valence-corrected chi connectivity index (χ1v) is 6.07. The zero-order valence-electron chi connectivity index (χ0n) is 10.1. The first-order valence-electron chi connectivity index (χ1n) is 6.07. The molecule has 0 aromatic rings. The van der Waals surface area contributed by atoms with Crippen molar-refractivity contribution < 1.29 is 0 Å². The van der Waals surface area contributed by atoms with Gasteiger partial charge in [0.2, 0.25) is 0 Å². The van der Waals surface area contributed by atoms with Crippen molar-refractivity contribution in [1.29, 1.82) is 0 Å². The molecule has 1 aliphatic carbocycles. The molecular weight excluding hydrogens is 172 g/mol. The molecule has 14 heavy (non-hydrogen) atoms. The Morgan fingerprint density at radius 2 is 1.86 bits per heavy atom. The Bertz CT molecular complexity index is 160. The third-order valence-electron chi connectivity index (χ3n) is 3.79. The molecule has 0 atom stereocenters. The second kappa shape index (κ2) is 5.13. The number of likely N-dealkylation sites (N-methyl/N-ethyl adjacent to an activating group) is 1. The monoisotopic (exact) mass is 198 g/mol. The molecule has 0 heterocycles. The molecule has 1 rings (SSSR count). The van der Waals surface area contributed by atoms with Gasteiger partial charge in [0.25, 0.3) is 0 Å². The summed E-state index contributed by atoms with van der Waals surface area (Å²) in [4.78, 5) is 2.43. The Morgan fingerprint density at radius 1 is 1.29 bits per heavy atom. The molecule has 1 saturated carbocycles. The minimum absolute atomic E-state index is 0.0402. The van der Waals surface area contributed by atoms with E-state index in [1.807, 2.05) is 0 Å². The highest BCUT2D eigenvalue weighted by Gasteiger charge is 2.25. The van der Waals surface area contributed by atoms with Gasteiger partial charge in [-0.1, -0.05) is 20.3 Å². The largest absolute Gasteiger partial charge is 0.324 e. The zero-order chi connectivity index (χ0) is 10.6. The molecule has 0 spiro atoms. The van der Waals surface area contributed by atoms with Crippen LogP contribution in [0.4, 0.5) is 0 Å². The van der Waals surface area contributed by atoms with Crippen molar-refractivity contribution in [2.45, 2.75) is 51.5 Å². The number of hydrogen-bond acceptors (Lipinski definition) is 2. The van der Waals surface area contributed by atoms with E-state index in [0.29, 0.717) is 0 Å². The van der Waals surface area contributed by atoms with Crippen LogP contribution in [0.3, 0.4) is 0 Å². The zero-order valence-corrected chi connectivity index (χ0v) is 10.1. The van der Waals surface area contributed by atoms with Crippen molar-refractivity contribution in [2.75, 3.05) is 20.1 Å². The van der Waals surface area contributed by atoms with Gasteiger partial charge in [-0.2, -0.15) is 0 Å². The van der Waals surface area contributed by atoms with Crippen LogP contribution in [0.25, 0.3) is 0 Å². The highest BCUT2D eigenvalue weighted by molar-refractivity contribution is 4.85. The smallest absolute Gasteiger partial charge is 0.0278 e. The molecule has 2 heteroatoms. The number of nitrogens with two attached hydrogens (primary N) is 1. The summed E-state index contributed by atoms with van der Waals surface area (Å²) in [5.41, 5.74) is 6.33. The summed E-state index contributed by atoms with van der Waals surface area (Å²) in [7, 11) is 2.21. The number of rotatable bonds is 6. The van der Waals surface area contributed by atoms with Crippen molar-refractivity contribution in [3.8, 4) is 0 Å². The average Bonchev–Trinajstić information content (AvgIpc) is 2.11. The van der Waals surface area contributed by atoms with E-state index in [1.165, 1.54) is 25.8 Å². The fourth-order valence-corrected chi connectivity index (χ4v) is 2.19. The SMILES string of the molecule is CCC(N)(CC)CN(C)CC1CCC1. The molecule has 2 N–H and O–H groups in total. The van der Waals surface area contributed by atoms with Gasteiger partial charge in [0.05, 0.1) is 0 Å². The Kier molecular flexibility index (Phi) is 4.39. The van der Waals surface area contributed by atoms with Crippen molar-refractivity contribution in [3.05, 3.63) is 0 Å². The van der Waals surface area contributed by atoms with Crippen molar-refractivity contribution in [1.82, 2.24) is 4.90 Å². The van der Waals surface area contributed by atoms with E-state index >= 15 is 0 Å². The minimum atomic E-state index is 0.0402. The highest BCUT2D eigenvalue weighted by atomic mass is 15.1. The molecule has 84 valence electrons. The summed E-state index contributed by atoms with van der Waals surface area (Å²) in [6.07, 6.45) is 6.46. The van der Waals surface area contributed by atoms with E-state index in [4.69, 9.17) is 5.73 Å². The van der Waals surface area contributed by atoms with E-state index in [0.717, 1.165) is 25.3 Å². The molecule has 0 aromatic heterocycles. The molecule has 0 aromatic carbocycles. The maximum atomic E-state index is 6.29. The summed E-state index contributed by atoms with van der Waals surface area (Å²) < 4.78 is 0. The van der Waals surface area contributed by atoms with Gasteiger partial charge in [-0.15, -0.1) is 0 Å². The first-order chi connectivity index (χ1) is 6.59. The van der Waals surface area contributed by atoms with Gasteiger partial charge in [-0.3, -0.25) is 0 Å². The van der Waals surface area contributed by atoms with Crippen LogP contribution in [0.1, 0.15) is 46.0 Å². The second-order valence-corrected chi connectivity index (χ2v) is 5.06. The average molecular weight is 198 g/mol. The lowest BCUT2D eigenvalue weighted by Gasteiger charge is -2.36. The van der Waals surface area contributed by atoms with E-state index in [1.54, 1.807) is 0 Å². The van der Waals surface area contributed by atoms with Gasteiger partial charge >= 0.3 is 0 Å². The topological polar surface area (TPSA) is 29.3 Å². The lowest BCUT2D eigenvalue weighted by atomic mass is 9.84. The fraction of sp³-hybridized carbons (Fsp3) is 1.00. The first kappa shape index (κ1) is 12.0. The van der Waals surface area contributed by atoms with Crippen LogP contribution in [0.15, 0.2) is 0 Å².